The van der Waals surface area contributed by atoms with Crippen molar-refractivity contribution in [2.24, 2.45) is 0 Å². The van der Waals surface area contributed by atoms with Gasteiger partial charge in [0.2, 0.25) is 0 Å². The first-order valence-corrected chi connectivity index (χ1v) is 7.03. The number of hydrogen-bond donors (Lipinski definition) is 2. The van der Waals surface area contributed by atoms with Gasteiger partial charge in [-0.3, -0.25) is 0 Å². The summed E-state index contributed by atoms with van der Waals surface area (Å²) in [6.45, 7) is 1.98. The van der Waals surface area contributed by atoms with Crippen molar-refractivity contribution < 1.29 is 4.74 Å². The summed E-state index contributed by atoms with van der Waals surface area (Å²) in [6, 6.07) is 17.6. The Morgan fingerprint density at radius 1 is 0.952 bits per heavy atom. The molecule has 0 aromatic heterocycles. The molecule has 0 spiro atoms. The Labute approximate surface area is 130 Å². The van der Waals surface area contributed by atoms with Crippen molar-refractivity contribution in [3.05, 3.63) is 66.4 Å². The van der Waals surface area contributed by atoms with Crippen LogP contribution in [0.1, 0.15) is 6.92 Å². The second kappa shape index (κ2) is 7.45. The third kappa shape index (κ3) is 4.93. The van der Waals surface area contributed by atoms with Gasteiger partial charge in [-0.15, -0.1) is 0 Å². The molecule has 108 valence electrons. The molecule has 0 saturated heterocycles. The van der Waals surface area contributed by atoms with Crippen LogP contribution in [-0.4, -0.2) is 12.1 Å². The van der Waals surface area contributed by atoms with Crippen molar-refractivity contribution in [3.63, 3.8) is 0 Å². The van der Waals surface area contributed by atoms with E-state index in [-0.39, 0.29) is 0 Å². The van der Waals surface area contributed by atoms with E-state index >= 15 is 0 Å². The SMILES string of the molecule is COc1ccc(NC(C)=CC(=S)Nc2ccccc2)cc1. The van der Waals surface area contributed by atoms with Crippen molar-refractivity contribution in [3.8, 4) is 5.75 Å². The normalized spacial score (nSPS) is 10.9. The molecule has 3 nitrogen and oxygen atoms in total. The van der Waals surface area contributed by atoms with Crippen molar-refractivity contribution in [2.45, 2.75) is 6.92 Å². The molecule has 0 fully saturated rings. The van der Waals surface area contributed by atoms with E-state index in [1.165, 1.54) is 0 Å². The minimum Gasteiger partial charge on any atom is -0.497 e. The first kappa shape index (κ1) is 15.1. The molecule has 0 unspecified atom stereocenters. The molecule has 0 radical (unpaired) electrons. The van der Waals surface area contributed by atoms with Crippen molar-refractivity contribution >= 4 is 28.6 Å². The summed E-state index contributed by atoms with van der Waals surface area (Å²) in [5, 5.41) is 6.46. The molecule has 21 heavy (non-hydrogen) atoms. The van der Waals surface area contributed by atoms with Crippen LogP contribution in [0.25, 0.3) is 0 Å². The van der Waals surface area contributed by atoms with Gasteiger partial charge in [0.05, 0.1) is 7.11 Å². The summed E-state index contributed by atoms with van der Waals surface area (Å²) >= 11 is 5.32. The molecule has 2 rings (SSSR count). The molecule has 2 N–H and O–H groups in total. The number of methoxy groups -OCH3 is 1. The minimum absolute atomic E-state index is 0.666. The predicted molar refractivity (Wildman–Crippen MR) is 93.0 cm³/mol. The molecular formula is C17H18N2OS. The van der Waals surface area contributed by atoms with E-state index in [4.69, 9.17) is 17.0 Å². The van der Waals surface area contributed by atoms with Crippen LogP contribution >= 0.6 is 12.2 Å². The van der Waals surface area contributed by atoms with Crippen molar-refractivity contribution in [2.75, 3.05) is 17.7 Å². The smallest absolute Gasteiger partial charge is 0.119 e. The fourth-order valence-corrected chi connectivity index (χ4v) is 2.13. The van der Waals surface area contributed by atoms with E-state index < -0.39 is 0 Å². The lowest BCUT2D eigenvalue weighted by molar-refractivity contribution is 0.415. The Morgan fingerprint density at radius 3 is 2.19 bits per heavy atom. The molecule has 0 heterocycles. The standard InChI is InChI=1S/C17H18N2OS/c1-13(18-15-8-10-16(20-2)11-9-15)12-17(21)19-14-6-4-3-5-7-14/h3-12,18H,1-2H3,(H,19,21). The van der Waals surface area contributed by atoms with Crippen LogP contribution < -0.4 is 15.4 Å². The molecule has 0 bridgehead atoms. The third-order valence-corrected chi connectivity index (χ3v) is 3.04. The maximum atomic E-state index is 5.32. The maximum absolute atomic E-state index is 5.32. The van der Waals surface area contributed by atoms with E-state index in [9.17, 15) is 0 Å². The van der Waals surface area contributed by atoms with Crippen molar-refractivity contribution in [1.82, 2.24) is 0 Å². The van der Waals surface area contributed by atoms with Crippen LogP contribution in [0.2, 0.25) is 0 Å². The highest BCUT2D eigenvalue weighted by Crippen LogP contribution is 2.16. The molecule has 4 heteroatoms. The molecule has 0 atom stereocenters. The van der Waals surface area contributed by atoms with Gasteiger partial charge in [0.15, 0.2) is 0 Å². The van der Waals surface area contributed by atoms with Gasteiger partial charge in [0, 0.05) is 17.1 Å². The van der Waals surface area contributed by atoms with Crippen LogP contribution in [0.15, 0.2) is 66.4 Å². The van der Waals surface area contributed by atoms with Crippen molar-refractivity contribution in [1.29, 1.82) is 0 Å². The number of thiocarbonyl (C=S) groups is 1. The van der Waals surface area contributed by atoms with Crippen LogP contribution in [0.3, 0.4) is 0 Å². The second-order valence-electron chi connectivity index (χ2n) is 4.54. The fourth-order valence-electron chi connectivity index (χ4n) is 1.83. The number of anilines is 2. The lowest BCUT2D eigenvalue weighted by Gasteiger charge is -2.09. The van der Waals surface area contributed by atoms with E-state index in [0.29, 0.717) is 4.99 Å². The first-order chi connectivity index (χ1) is 10.2. The molecule has 2 aromatic carbocycles. The van der Waals surface area contributed by atoms with Gasteiger partial charge in [0.25, 0.3) is 0 Å². The van der Waals surface area contributed by atoms with Crippen LogP contribution in [0.5, 0.6) is 5.75 Å². The topological polar surface area (TPSA) is 33.3 Å². The highest BCUT2D eigenvalue weighted by Gasteiger charge is 1.97. The quantitative estimate of drug-likeness (QED) is 0.631. The van der Waals surface area contributed by atoms with E-state index in [2.05, 4.69) is 10.6 Å². The summed E-state index contributed by atoms with van der Waals surface area (Å²) in [5.41, 5.74) is 2.94. The van der Waals surface area contributed by atoms with Gasteiger partial charge >= 0.3 is 0 Å². The molecular weight excluding hydrogens is 280 g/mol. The maximum Gasteiger partial charge on any atom is 0.119 e. The van der Waals surface area contributed by atoms with Crippen LogP contribution in [-0.2, 0) is 0 Å². The lowest BCUT2D eigenvalue weighted by Crippen LogP contribution is -2.08. The molecule has 2 aromatic rings. The molecule has 0 amide bonds. The molecule has 0 aliphatic heterocycles. The highest BCUT2D eigenvalue weighted by molar-refractivity contribution is 7.81. The Hall–Kier alpha value is -2.33. The molecule has 0 aliphatic carbocycles. The van der Waals surface area contributed by atoms with Gasteiger partial charge in [-0.2, -0.15) is 0 Å². The van der Waals surface area contributed by atoms with Gasteiger partial charge in [-0.05, 0) is 49.4 Å². The Kier molecular flexibility index (Phi) is 5.35. The third-order valence-electron chi connectivity index (χ3n) is 2.82. The predicted octanol–water partition coefficient (Wildman–Crippen LogP) is 4.45. The number of rotatable bonds is 5. The zero-order chi connectivity index (χ0) is 15.1. The Balaban J connectivity index is 1.95. The number of allylic oxidation sites excluding steroid dienone is 1. The number of benzene rings is 2. The molecule has 0 aliphatic rings. The Bertz CT molecular complexity index is 621. The number of hydrogen-bond acceptors (Lipinski definition) is 3. The van der Waals surface area contributed by atoms with Crippen LogP contribution in [0.4, 0.5) is 11.4 Å². The number of para-hydroxylation sites is 1. The summed E-state index contributed by atoms with van der Waals surface area (Å²) in [5.74, 6) is 0.837. The average Bonchev–Trinajstić information content (AvgIpc) is 2.48. The van der Waals surface area contributed by atoms with Gasteiger partial charge < -0.3 is 15.4 Å². The fraction of sp³-hybridized carbons (Fsp3) is 0.118. The van der Waals surface area contributed by atoms with E-state index in [0.717, 1.165) is 22.8 Å². The first-order valence-electron chi connectivity index (χ1n) is 6.63. The van der Waals surface area contributed by atoms with Gasteiger partial charge in [0.1, 0.15) is 10.7 Å². The monoisotopic (exact) mass is 298 g/mol. The minimum atomic E-state index is 0.666. The highest BCUT2D eigenvalue weighted by atomic mass is 32.1. The number of nitrogens with one attached hydrogen (secondary N) is 2. The van der Waals surface area contributed by atoms with Gasteiger partial charge in [-0.25, -0.2) is 0 Å². The summed E-state index contributed by atoms with van der Waals surface area (Å²) < 4.78 is 5.13. The largest absolute Gasteiger partial charge is 0.497 e. The second-order valence-corrected chi connectivity index (χ2v) is 4.98. The van der Waals surface area contributed by atoms with Gasteiger partial charge in [-0.1, -0.05) is 30.4 Å². The van der Waals surface area contributed by atoms with E-state index in [1.54, 1.807) is 7.11 Å². The average molecular weight is 298 g/mol. The zero-order valence-corrected chi connectivity index (χ0v) is 12.9. The molecule has 0 saturated carbocycles. The number of ether oxygens (including phenoxy) is 1. The Morgan fingerprint density at radius 2 is 1.57 bits per heavy atom. The zero-order valence-electron chi connectivity index (χ0n) is 12.1. The summed E-state index contributed by atoms with van der Waals surface area (Å²) in [7, 11) is 1.65. The lowest BCUT2D eigenvalue weighted by atomic mass is 10.3. The summed E-state index contributed by atoms with van der Waals surface area (Å²) in [6.07, 6.45) is 1.90. The van der Waals surface area contributed by atoms with E-state index in [1.807, 2.05) is 67.6 Å². The van der Waals surface area contributed by atoms with Crippen LogP contribution in [0, 0.1) is 0 Å². The summed E-state index contributed by atoms with van der Waals surface area (Å²) in [4.78, 5) is 0.666.